The van der Waals surface area contributed by atoms with Crippen molar-refractivity contribution in [3.05, 3.63) is 35.7 Å². The van der Waals surface area contributed by atoms with E-state index in [1.807, 2.05) is 19.1 Å². The van der Waals surface area contributed by atoms with Crippen LogP contribution in [0.5, 0.6) is 5.75 Å². The number of aryl methyl sites for hydroxylation is 2. The van der Waals surface area contributed by atoms with E-state index in [2.05, 4.69) is 28.9 Å². The number of aromatic nitrogens is 3. The summed E-state index contributed by atoms with van der Waals surface area (Å²) in [7, 11) is 1.69. The summed E-state index contributed by atoms with van der Waals surface area (Å²) in [5.74, 6) is 2.74. The largest absolute Gasteiger partial charge is 0.497 e. The van der Waals surface area contributed by atoms with Crippen LogP contribution in [0.3, 0.4) is 0 Å². The number of halogens is 1. The van der Waals surface area contributed by atoms with E-state index in [9.17, 15) is 0 Å². The first-order valence-electron chi connectivity index (χ1n) is 8.93. The lowest BCUT2D eigenvalue weighted by Crippen LogP contribution is -2.30. The summed E-state index contributed by atoms with van der Waals surface area (Å²) < 4.78 is 5.27. The number of anilines is 1. The van der Waals surface area contributed by atoms with Gasteiger partial charge in [-0.25, -0.2) is 9.97 Å². The summed E-state index contributed by atoms with van der Waals surface area (Å²) in [6.45, 7) is 6.25. The van der Waals surface area contributed by atoms with Gasteiger partial charge in [-0.05, 0) is 62.9 Å². The predicted molar refractivity (Wildman–Crippen MR) is 109 cm³/mol. The number of benzene rings is 1. The number of fused-ring (bicyclic) bond motifs is 1. The third-order valence-electron chi connectivity index (χ3n) is 5.02. The summed E-state index contributed by atoms with van der Waals surface area (Å²) in [6, 6.07) is 8.14. The fourth-order valence-electron chi connectivity index (χ4n) is 3.66. The number of hydrogen-bond donors (Lipinski definition) is 1. The van der Waals surface area contributed by atoms with Gasteiger partial charge in [0.2, 0.25) is 0 Å². The lowest BCUT2D eigenvalue weighted by Gasteiger charge is -2.28. The SMILES string of the molecule is COc1ccc(-c2[nH]c3c(N4CCCCC4)nc(C)nc3c2C)cc1.Cl. The first-order valence-corrected chi connectivity index (χ1v) is 8.93. The van der Waals surface area contributed by atoms with Gasteiger partial charge in [-0.2, -0.15) is 0 Å². The van der Waals surface area contributed by atoms with E-state index in [-0.39, 0.29) is 12.4 Å². The Morgan fingerprint density at radius 2 is 1.69 bits per heavy atom. The molecule has 2 aromatic heterocycles. The van der Waals surface area contributed by atoms with Crippen LogP contribution in [0.2, 0.25) is 0 Å². The van der Waals surface area contributed by atoms with Gasteiger partial charge in [0.25, 0.3) is 0 Å². The molecule has 0 spiro atoms. The van der Waals surface area contributed by atoms with Gasteiger partial charge in [-0.1, -0.05) is 0 Å². The molecule has 3 aromatic rings. The lowest BCUT2D eigenvalue weighted by molar-refractivity contribution is 0.415. The lowest BCUT2D eigenvalue weighted by atomic mass is 10.1. The molecule has 0 amide bonds. The number of rotatable bonds is 3. The molecule has 0 bridgehead atoms. The smallest absolute Gasteiger partial charge is 0.156 e. The van der Waals surface area contributed by atoms with Crippen molar-refractivity contribution in [3.63, 3.8) is 0 Å². The minimum absolute atomic E-state index is 0. The Hall–Kier alpha value is -2.27. The van der Waals surface area contributed by atoms with Crippen LogP contribution in [-0.4, -0.2) is 35.2 Å². The number of aromatic amines is 1. The Morgan fingerprint density at radius 1 is 1.00 bits per heavy atom. The van der Waals surface area contributed by atoms with Crippen LogP contribution in [-0.2, 0) is 0 Å². The summed E-state index contributed by atoms with van der Waals surface area (Å²) in [6.07, 6.45) is 3.77. The van der Waals surface area contributed by atoms with E-state index in [4.69, 9.17) is 14.7 Å². The van der Waals surface area contributed by atoms with Gasteiger partial charge in [0.1, 0.15) is 17.1 Å². The maximum atomic E-state index is 5.27. The number of nitrogens with one attached hydrogen (secondary N) is 1. The normalized spacial score (nSPS) is 14.3. The van der Waals surface area contributed by atoms with E-state index in [1.165, 1.54) is 24.8 Å². The standard InChI is InChI=1S/C20H24N4O.ClH/c1-13-17(15-7-9-16(25-3)10-8-15)23-19-18(13)21-14(2)22-20(19)24-11-5-4-6-12-24;/h7-10,23H,4-6,11-12H2,1-3H3;1H. The first-order chi connectivity index (χ1) is 12.2. The second-order valence-electron chi connectivity index (χ2n) is 6.72. The van der Waals surface area contributed by atoms with Crippen molar-refractivity contribution in [2.45, 2.75) is 33.1 Å². The Balaban J connectivity index is 0.00000196. The third kappa shape index (κ3) is 3.23. The average molecular weight is 373 g/mol. The van der Waals surface area contributed by atoms with E-state index in [0.29, 0.717) is 0 Å². The Kier molecular flexibility index (Phi) is 5.37. The molecule has 138 valence electrons. The number of hydrogen-bond acceptors (Lipinski definition) is 4. The first kappa shape index (κ1) is 18.5. The molecular weight excluding hydrogens is 348 g/mol. The van der Waals surface area contributed by atoms with Crippen LogP contribution >= 0.6 is 12.4 Å². The van der Waals surface area contributed by atoms with Crippen molar-refractivity contribution in [2.24, 2.45) is 0 Å². The molecule has 0 saturated carbocycles. The molecule has 0 aliphatic carbocycles. The maximum Gasteiger partial charge on any atom is 0.156 e. The van der Waals surface area contributed by atoms with Crippen LogP contribution in [0.1, 0.15) is 30.7 Å². The zero-order chi connectivity index (χ0) is 17.4. The molecule has 0 atom stereocenters. The van der Waals surface area contributed by atoms with Crippen molar-refractivity contribution >= 4 is 29.3 Å². The van der Waals surface area contributed by atoms with E-state index >= 15 is 0 Å². The maximum absolute atomic E-state index is 5.27. The van der Waals surface area contributed by atoms with Crippen LogP contribution in [0, 0.1) is 13.8 Å². The van der Waals surface area contributed by atoms with Crippen molar-refractivity contribution in [1.29, 1.82) is 0 Å². The van der Waals surface area contributed by atoms with Gasteiger partial charge >= 0.3 is 0 Å². The molecule has 6 heteroatoms. The van der Waals surface area contributed by atoms with Crippen molar-refractivity contribution in [2.75, 3.05) is 25.1 Å². The Bertz CT molecular complexity index is 898. The van der Waals surface area contributed by atoms with Gasteiger partial charge in [0.15, 0.2) is 5.82 Å². The van der Waals surface area contributed by atoms with Crippen LogP contribution in [0.15, 0.2) is 24.3 Å². The molecule has 1 saturated heterocycles. The summed E-state index contributed by atoms with van der Waals surface area (Å²) in [4.78, 5) is 15.5. The molecule has 3 heterocycles. The third-order valence-corrected chi connectivity index (χ3v) is 5.02. The van der Waals surface area contributed by atoms with Crippen LogP contribution in [0.25, 0.3) is 22.3 Å². The zero-order valence-corrected chi connectivity index (χ0v) is 16.3. The van der Waals surface area contributed by atoms with E-state index in [0.717, 1.165) is 52.8 Å². The number of ether oxygens (including phenoxy) is 1. The van der Waals surface area contributed by atoms with E-state index < -0.39 is 0 Å². The van der Waals surface area contributed by atoms with Gasteiger partial charge < -0.3 is 14.6 Å². The monoisotopic (exact) mass is 372 g/mol. The Morgan fingerprint density at radius 3 is 2.35 bits per heavy atom. The molecule has 0 radical (unpaired) electrons. The molecule has 1 N–H and O–H groups in total. The minimum Gasteiger partial charge on any atom is -0.497 e. The van der Waals surface area contributed by atoms with Gasteiger partial charge in [0.05, 0.1) is 18.3 Å². The molecule has 1 aliphatic heterocycles. The zero-order valence-electron chi connectivity index (χ0n) is 15.5. The summed E-state index contributed by atoms with van der Waals surface area (Å²) in [5, 5.41) is 0. The second kappa shape index (κ2) is 7.54. The van der Waals surface area contributed by atoms with Crippen LogP contribution < -0.4 is 9.64 Å². The molecule has 4 rings (SSSR count). The number of methoxy groups -OCH3 is 1. The second-order valence-corrected chi connectivity index (χ2v) is 6.72. The topological polar surface area (TPSA) is 54.0 Å². The molecule has 1 fully saturated rings. The minimum atomic E-state index is 0. The quantitative estimate of drug-likeness (QED) is 0.726. The molecule has 1 aromatic carbocycles. The fourth-order valence-corrected chi connectivity index (χ4v) is 3.66. The fraction of sp³-hybridized carbons (Fsp3) is 0.400. The highest BCUT2D eigenvalue weighted by Gasteiger charge is 2.20. The number of H-pyrrole nitrogens is 1. The van der Waals surface area contributed by atoms with Gasteiger partial charge in [-0.15, -0.1) is 12.4 Å². The van der Waals surface area contributed by atoms with Crippen molar-refractivity contribution in [1.82, 2.24) is 15.0 Å². The molecule has 5 nitrogen and oxygen atoms in total. The molecule has 26 heavy (non-hydrogen) atoms. The molecule has 1 aliphatic rings. The van der Waals surface area contributed by atoms with Gasteiger partial charge in [-0.3, -0.25) is 0 Å². The van der Waals surface area contributed by atoms with Crippen LogP contribution in [0.4, 0.5) is 5.82 Å². The highest BCUT2D eigenvalue weighted by Crippen LogP contribution is 2.34. The number of piperidine rings is 1. The molecule has 0 unspecified atom stereocenters. The highest BCUT2D eigenvalue weighted by atomic mass is 35.5. The summed E-state index contributed by atoms with van der Waals surface area (Å²) >= 11 is 0. The van der Waals surface area contributed by atoms with Gasteiger partial charge in [0, 0.05) is 18.7 Å². The van der Waals surface area contributed by atoms with Crippen molar-refractivity contribution in [3.8, 4) is 17.0 Å². The predicted octanol–water partition coefficient (Wildman–Crippen LogP) is 4.66. The van der Waals surface area contributed by atoms with Crippen molar-refractivity contribution < 1.29 is 4.74 Å². The highest BCUT2D eigenvalue weighted by molar-refractivity contribution is 5.94. The molecular formula is C20H25ClN4O. The summed E-state index contributed by atoms with van der Waals surface area (Å²) in [5.41, 5.74) is 5.49. The van der Waals surface area contributed by atoms with E-state index in [1.54, 1.807) is 7.11 Å². The average Bonchev–Trinajstić information content (AvgIpc) is 2.98. The Labute approximate surface area is 160 Å². The number of nitrogens with zero attached hydrogens (tertiary/aromatic N) is 3.